The summed E-state index contributed by atoms with van der Waals surface area (Å²) in [5.41, 5.74) is 2.38. The smallest absolute Gasteiger partial charge is 0.266 e. The molecule has 0 bridgehead atoms. The number of benzene rings is 3. The van der Waals surface area contributed by atoms with E-state index in [1.807, 2.05) is 54.6 Å². The number of amides is 1. The van der Waals surface area contributed by atoms with Gasteiger partial charge < -0.3 is 10.1 Å². The Bertz CT molecular complexity index is 1170. The zero-order valence-corrected chi connectivity index (χ0v) is 22.5. The summed E-state index contributed by atoms with van der Waals surface area (Å²) >= 11 is 13.7. The van der Waals surface area contributed by atoms with Gasteiger partial charge in [-0.2, -0.15) is 5.26 Å². The third-order valence-corrected chi connectivity index (χ3v) is 6.42. The number of anilines is 1. The molecule has 0 unspecified atom stereocenters. The van der Waals surface area contributed by atoms with Crippen molar-refractivity contribution in [3.05, 3.63) is 94.0 Å². The van der Waals surface area contributed by atoms with E-state index >= 15 is 0 Å². The first-order chi connectivity index (χ1) is 14.9. The summed E-state index contributed by atoms with van der Waals surface area (Å²) in [6.07, 6.45) is 1.57. The number of hydrogen-bond acceptors (Lipinski definition) is 3. The van der Waals surface area contributed by atoms with Gasteiger partial charge in [0, 0.05) is 15.2 Å². The predicted molar refractivity (Wildman–Crippen MR) is 144 cm³/mol. The molecule has 0 spiro atoms. The number of hydrogen-bond donors (Lipinski definition) is 1. The Morgan fingerprint density at radius 1 is 1.13 bits per heavy atom. The normalized spacial score (nSPS) is 11.0. The molecule has 0 aliphatic heterocycles. The summed E-state index contributed by atoms with van der Waals surface area (Å²) in [5.74, 6) is 0.291. The van der Waals surface area contributed by atoms with Crippen molar-refractivity contribution in [1.82, 2.24) is 0 Å². The fraction of sp³-hybridized carbons (Fsp3) is 0.0435. The number of rotatable bonds is 6. The maximum absolute atomic E-state index is 12.5. The second-order valence-electron chi connectivity index (χ2n) is 6.36. The molecule has 0 fully saturated rings. The summed E-state index contributed by atoms with van der Waals surface area (Å²) < 4.78 is 8.60. The molecule has 4 nitrogen and oxygen atoms in total. The van der Waals surface area contributed by atoms with Gasteiger partial charge in [0.25, 0.3) is 5.91 Å². The van der Waals surface area contributed by atoms with Gasteiger partial charge in [-0.3, -0.25) is 4.79 Å². The minimum atomic E-state index is -0.464. The molecule has 8 heteroatoms. The molecule has 3 aromatic rings. The van der Waals surface area contributed by atoms with Crippen LogP contribution in [-0.2, 0) is 11.4 Å². The Hall–Kier alpha value is -1.61. The fourth-order valence-electron chi connectivity index (χ4n) is 2.62. The van der Waals surface area contributed by atoms with E-state index < -0.39 is 5.91 Å². The molecule has 0 aromatic heterocycles. The van der Waals surface area contributed by atoms with E-state index in [0.717, 1.165) is 28.5 Å². The van der Waals surface area contributed by atoms with Crippen molar-refractivity contribution < 1.29 is 9.53 Å². The van der Waals surface area contributed by atoms with Crippen molar-refractivity contribution in [2.24, 2.45) is 0 Å². The van der Waals surface area contributed by atoms with Gasteiger partial charge in [0.05, 0.1) is 7.14 Å². The van der Waals surface area contributed by atoms with Crippen molar-refractivity contribution in [3.63, 3.8) is 0 Å². The third kappa shape index (κ3) is 6.94. The Morgan fingerprint density at radius 3 is 2.42 bits per heavy atom. The SMILES string of the molecule is N#C/C(=C/c1cc(I)c(OCc2ccc(Cl)cc2)c(I)c1)C(=O)Nc1cccc(Br)c1. The summed E-state index contributed by atoms with van der Waals surface area (Å²) in [7, 11) is 0. The first kappa shape index (κ1) is 24.0. The van der Waals surface area contributed by atoms with Gasteiger partial charge in [-0.25, -0.2) is 0 Å². The van der Waals surface area contributed by atoms with Crippen LogP contribution in [0.25, 0.3) is 6.08 Å². The highest BCUT2D eigenvalue weighted by atomic mass is 127. The summed E-state index contributed by atoms with van der Waals surface area (Å²) in [5, 5.41) is 12.9. The average molecular weight is 720 g/mol. The molecule has 156 valence electrons. The van der Waals surface area contributed by atoms with E-state index in [4.69, 9.17) is 16.3 Å². The van der Waals surface area contributed by atoms with Gasteiger partial charge in [0.15, 0.2) is 0 Å². The highest BCUT2D eigenvalue weighted by molar-refractivity contribution is 14.1. The number of carbonyl (C=O) groups excluding carboxylic acids is 1. The van der Waals surface area contributed by atoms with Gasteiger partial charge in [-0.1, -0.05) is 45.7 Å². The molecule has 3 rings (SSSR count). The maximum atomic E-state index is 12.5. The lowest BCUT2D eigenvalue weighted by atomic mass is 10.1. The lowest BCUT2D eigenvalue weighted by Gasteiger charge is -2.12. The van der Waals surface area contributed by atoms with Crippen LogP contribution in [0.4, 0.5) is 5.69 Å². The van der Waals surface area contributed by atoms with Crippen LogP contribution < -0.4 is 10.1 Å². The van der Waals surface area contributed by atoms with E-state index in [0.29, 0.717) is 17.3 Å². The Kier molecular flexibility index (Phi) is 8.77. The molecule has 0 saturated carbocycles. The Labute approximate surface area is 221 Å². The molecule has 0 aliphatic carbocycles. The van der Waals surface area contributed by atoms with Gasteiger partial charge >= 0.3 is 0 Å². The number of nitrogens with one attached hydrogen (secondary N) is 1. The van der Waals surface area contributed by atoms with Crippen molar-refractivity contribution in [2.75, 3.05) is 5.32 Å². The highest BCUT2D eigenvalue weighted by Gasteiger charge is 2.13. The number of carbonyl (C=O) groups is 1. The zero-order chi connectivity index (χ0) is 22.4. The number of halogens is 4. The van der Waals surface area contributed by atoms with E-state index in [1.54, 1.807) is 18.2 Å². The topological polar surface area (TPSA) is 62.1 Å². The molecule has 1 N–H and O–H groups in total. The highest BCUT2D eigenvalue weighted by Crippen LogP contribution is 2.31. The number of nitrogens with zero attached hydrogens (tertiary/aromatic N) is 1. The van der Waals surface area contributed by atoms with E-state index in [-0.39, 0.29) is 5.57 Å². The van der Waals surface area contributed by atoms with Crippen LogP contribution in [0.15, 0.2) is 70.7 Å². The molecule has 0 saturated heterocycles. The molecule has 0 heterocycles. The predicted octanol–water partition coefficient (Wildman–Crippen LogP) is 7.44. The molecule has 0 atom stereocenters. The quantitative estimate of drug-likeness (QED) is 0.164. The largest absolute Gasteiger partial charge is 0.487 e. The third-order valence-electron chi connectivity index (χ3n) is 4.08. The van der Waals surface area contributed by atoms with Crippen LogP contribution in [-0.4, -0.2) is 5.91 Å². The maximum Gasteiger partial charge on any atom is 0.266 e. The average Bonchev–Trinajstić information content (AvgIpc) is 2.72. The minimum absolute atomic E-state index is 0.0152. The summed E-state index contributed by atoms with van der Waals surface area (Å²) in [6.45, 7) is 0.414. The fourth-order valence-corrected chi connectivity index (χ4v) is 5.27. The minimum Gasteiger partial charge on any atom is -0.487 e. The van der Waals surface area contributed by atoms with E-state index in [2.05, 4.69) is 66.4 Å². The zero-order valence-electron chi connectivity index (χ0n) is 15.8. The monoisotopic (exact) mass is 718 g/mol. The van der Waals surface area contributed by atoms with Crippen molar-refractivity contribution >= 4 is 90.4 Å². The van der Waals surface area contributed by atoms with Crippen LogP contribution >= 0.6 is 72.7 Å². The van der Waals surface area contributed by atoms with Crippen LogP contribution in [0.2, 0.25) is 5.02 Å². The Morgan fingerprint density at radius 2 is 1.81 bits per heavy atom. The molecular formula is C23H14BrClI2N2O2. The molecular weight excluding hydrogens is 705 g/mol. The van der Waals surface area contributed by atoms with Crippen LogP contribution in [0.3, 0.4) is 0 Å². The second-order valence-corrected chi connectivity index (χ2v) is 10.0. The summed E-state index contributed by atoms with van der Waals surface area (Å²) in [6, 6.07) is 20.4. The van der Waals surface area contributed by atoms with Gasteiger partial charge in [0.2, 0.25) is 0 Å². The van der Waals surface area contributed by atoms with Gasteiger partial charge in [-0.05, 0) is 105 Å². The molecule has 0 radical (unpaired) electrons. The van der Waals surface area contributed by atoms with Gasteiger partial charge in [-0.15, -0.1) is 0 Å². The lowest BCUT2D eigenvalue weighted by Crippen LogP contribution is -2.13. The molecule has 3 aromatic carbocycles. The molecule has 1 amide bonds. The molecule has 31 heavy (non-hydrogen) atoms. The molecule has 0 aliphatic rings. The lowest BCUT2D eigenvalue weighted by molar-refractivity contribution is -0.112. The van der Waals surface area contributed by atoms with Crippen molar-refractivity contribution in [2.45, 2.75) is 6.61 Å². The van der Waals surface area contributed by atoms with E-state index in [9.17, 15) is 10.1 Å². The Balaban J connectivity index is 1.76. The first-order valence-electron chi connectivity index (χ1n) is 8.90. The first-order valence-corrected chi connectivity index (χ1v) is 12.2. The van der Waals surface area contributed by atoms with Crippen molar-refractivity contribution in [1.29, 1.82) is 5.26 Å². The second kappa shape index (κ2) is 11.3. The van der Waals surface area contributed by atoms with Gasteiger partial charge in [0.1, 0.15) is 24.0 Å². The number of ether oxygens (including phenoxy) is 1. The van der Waals surface area contributed by atoms with E-state index in [1.165, 1.54) is 0 Å². The van der Waals surface area contributed by atoms with Crippen LogP contribution in [0.1, 0.15) is 11.1 Å². The van der Waals surface area contributed by atoms with Crippen LogP contribution in [0.5, 0.6) is 5.75 Å². The van der Waals surface area contributed by atoms with Crippen molar-refractivity contribution in [3.8, 4) is 11.8 Å². The number of nitriles is 1. The standard InChI is InChI=1S/C23H14BrClI2N2O2/c24-17-2-1-3-19(11-17)29-23(30)16(12-28)8-15-9-20(26)22(21(27)10-15)31-13-14-4-6-18(25)7-5-14/h1-11H,13H2,(H,29,30)/b16-8-. The van der Waals surface area contributed by atoms with Crippen LogP contribution in [0, 0.1) is 18.5 Å². The summed E-state index contributed by atoms with van der Waals surface area (Å²) in [4.78, 5) is 12.5.